The minimum atomic E-state index is -3.23. The Balaban J connectivity index is 1.79. The van der Waals surface area contributed by atoms with E-state index in [1.807, 2.05) is 0 Å². The van der Waals surface area contributed by atoms with Gasteiger partial charge in [0.15, 0.2) is 23.6 Å². The molecule has 11 nitrogen and oxygen atoms in total. The summed E-state index contributed by atoms with van der Waals surface area (Å²) in [6, 6.07) is 8.06. The number of rotatable bonds is 12. The zero-order valence-corrected chi connectivity index (χ0v) is 18.9. The number of benzene rings is 1. The molecule has 3 N–H and O–H groups in total. The molecule has 3 rings (SSSR count). The number of anilines is 1. The predicted octanol–water partition coefficient (Wildman–Crippen LogP) is 2.82. The average Bonchev–Trinajstić information content (AvgIpc) is 3.20. The summed E-state index contributed by atoms with van der Waals surface area (Å²) in [5.74, 6) is -2.93. The Labute approximate surface area is 188 Å². The number of aliphatic hydroxyl groups is 1. The van der Waals surface area contributed by atoms with E-state index >= 15 is 4.39 Å². The van der Waals surface area contributed by atoms with Gasteiger partial charge in [-0.05, 0) is 26.0 Å². The van der Waals surface area contributed by atoms with Gasteiger partial charge in [-0.3, -0.25) is 9.09 Å². The quantitative estimate of drug-likeness (QED) is 0.366. The van der Waals surface area contributed by atoms with Crippen LogP contribution >= 0.6 is 8.25 Å². The molecule has 0 spiro atoms. The van der Waals surface area contributed by atoms with E-state index in [0.717, 1.165) is 11.5 Å². The smallest absolute Gasteiger partial charge is 0.368 e. The molecule has 0 bridgehead atoms. The highest BCUT2D eigenvalue weighted by molar-refractivity contribution is 7.33. The van der Waals surface area contributed by atoms with Crippen molar-refractivity contribution in [2.75, 3.05) is 25.6 Å². The van der Waals surface area contributed by atoms with Crippen LogP contribution in [-0.2, 0) is 13.8 Å². The summed E-state index contributed by atoms with van der Waals surface area (Å²) in [6.45, 7) is 1.04. The predicted molar refractivity (Wildman–Crippen MR) is 115 cm³/mol. The third-order valence-corrected chi connectivity index (χ3v) is 5.19. The zero-order valence-electron chi connectivity index (χ0n) is 17.9. The average molecular weight is 487 g/mol. The molecule has 0 saturated carbocycles. The molecule has 0 amide bonds. The standard InChI is InChI=1S/C19H24F2N5O6P/c1-3-29-17-15-16(24-18(22)25-17)26(11-23-15)14(9-27)31-19(21,12(2)20)10-30-33(28)32-13-7-5-4-6-8-13/h4-8,11-12,14,27,33H,3,9-10H2,1-2H3,(H2,22,24,25)/t12-,14+,19+/m0/s1. The normalized spacial score (nSPS) is 16.2. The van der Waals surface area contributed by atoms with Crippen molar-refractivity contribution in [2.24, 2.45) is 0 Å². The first-order valence-electron chi connectivity index (χ1n) is 9.91. The second-order valence-electron chi connectivity index (χ2n) is 6.76. The number of nitrogens with two attached hydrogens (primary N) is 1. The number of fused-ring (bicyclic) bond motifs is 1. The number of nitrogen functional groups attached to an aromatic ring is 1. The zero-order chi connectivity index (χ0) is 24.0. The Hall–Kier alpha value is -2.86. The highest BCUT2D eigenvalue weighted by Crippen LogP contribution is 2.34. The van der Waals surface area contributed by atoms with Crippen molar-refractivity contribution < 1.29 is 37.0 Å². The Bertz CT molecular complexity index is 1090. The fourth-order valence-electron chi connectivity index (χ4n) is 2.78. The molecule has 0 fully saturated rings. The van der Waals surface area contributed by atoms with Gasteiger partial charge in [-0.25, -0.2) is 18.3 Å². The van der Waals surface area contributed by atoms with Gasteiger partial charge in [0.05, 0.1) is 19.5 Å². The summed E-state index contributed by atoms with van der Waals surface area (Å²) in [4.78, 5) is 12.1. The molecule has 2 heterocycles. The largest absolute Gasteiger partial charge is 0.476 e. The molecular formula is C19H24F2N5O6P. The highest BCUT2D eigenvalue weighted by atomic mass is 31.1. The van der Waals surface area contributed by atoms with Crippen molar-refractivity contribution >= 4 is 25.4 Å². The molecule has 14 heteroatoms. The molecule has 33 heavy (non-hydrogen) atoms. The molecule has 180 valence electrons. The SMILES string of the molecule is CCOc1nc(N)nc2c1ncn2[C@@H](CO)O[C@](F)(CO[PH](=O)Oc1ccccc1)[C@H](C)F. The molecule has 4 atom stereocenters. The van der Waals surface area contributed by atoms with Gasteiger partial charge in [-0.15, -0.1) is 0 Å². The van der Waals surface area contributed by atoms with Crippen LogP contribution in [0.2, 0.25) is 0 Å². The van der Waals surface area contributed by atoms with Crippen molar-refractivity contribution in [3.8, 4) is 11.6 Å². The van der Waals surface area contributed by atoms with E-state index in [0.29, 0.717) is 0 Å². The number of para-hydroxylation sites is 1. The number of aliphatic hydroxyl groups excluding tert-OH is 1. The van der Waals surface area contributed by atoms with Gasteiger partial charge in [0.1, 0.15) is 12.4 Å². The lowest BCUT2D eigenvalue weighted by Crippen LogP contribution is -2.43. The van der Waals surface area contributed by atoms with E-state index in [-0.39, 0.29) is 35.3 Å². The Kier molecular flexibility index (Phi) is 8.14. The van der Waals surface area contributed by atoms with Gasteiger partial charge in [0, 0.05) is 0 Å². The Morgan fingerprint density at radius 3 is 2.67 bits per heavy atom. The maximum Gasteiger partial charge on any atom is 0.368 e. The monoisotopic (exact) mass is 487 g/mol. The van der Waals surface area contributed by atoms with Gasteiger partial charge in [-0.2, -0.15) is 9.97 Å². The van der Waals surface area contributed by atoms with Gasteiger partial charge in [0.2, 0.25) is 11.8 Å². The summed E-state index contributed by atoms with van der Waals surface area (Å²) in [5, 5.41) is 9.83. The molecule has 1 unspecified atom stereocenters. The van der Waals surface area contributed by atoms with Gasteiger partial charge in [-0.1, -0.05) is 18.2 Å². The van der Waals surface area contributed by atoms with Crippen LogP contribution in [0.3, 0.4) is 0 Å². The number of hydrogen-bond donors (Lipinski definition) is 2. The summed E-state index contributed by atoms with van der Waals surface area (Å²) < 4.78 is 63.4. The van der Waals surface area contributed by atoms with Crippen LogP contribution in [0, 0.1) is 0 Å². The van der Waals surface area contributed by atoms with Crippen molar-refractivity contribution in [1.82, 2.24) is 19.5 Å². The lowest BCUT2D eigenvalue weighted by molar-refractivity contribution is -0.249. The first kappa shape index (κ1) is 24.8. The van der Waals surface area contributed by atoms with Crippen LogP contribution < -0.4 is 15.0 Å². The summed E-state index contributed by atoms with van der Waals surface area (Å²) in [6.07, 6.45) is -2.53. The maximum absolute atomic E-state index is 15.4. The second-order valence-corrected chi connectivity index (χ2v) is 7.75. The molecule has 2 aromatic heterocycles. The van der Waals surface area contributed by atoms with Gasteiger partial charge >= 0.3 is 8.25 Å². The number of ether oxygens (including phenoxy) is 2. The van der Waals surface area contributed by atoms with Crippen molar-refractivity contribution in [3.05, 3.63) is 36.7 Å². The number of aromatic nitrogens is 4. The van der Waals surface area contributed by atoms with Gasteiger partial charge in [0.25, 0.3) is 5.85 Å². The lowest BCUT2D eigenvalue weighted by atomic mass is 10.2. The summed E-state index contributed by atoms with van der Waals surface area (Å²) in [5.41, 5.74) is 5.95. The molecular weight excluding hydrogens is 463 g/mol. The van der Waals surface area contributed by atoms with Crippen LogP contribution in [0.4, 0.5) is 14.7 Å². The van der Waals surface area contributed by atoms with Crippen molar-refractivity contribution in [3.63, 3.8) is 0 Å². The van der Waals surface area contributed by atoms with E-state index in [1.54, 1.807) is 25.1 Å². The van der Waals surface area contributed by atoms with E-state index in [1.165, 1.54) is 18.5 Å². The third-order valence-electron chi connectivity index (χ3n) is 4.41. The number of hydrogen-bond acceptors (Lipinski definition) is 10. The van der Waals surface area contributed by atoms with Crippen LogP contribution in [0.15, 0.2) is 36.7 Å². The minimum Gasteiger partial charge on any atom is -0.476 e. The molecule has 1 aromatic carbocycles. The van der Waals surface area contributed by atoms with Crippen molar-refractivity contribution in [2.45, 2.75) is 32.1 Å². The molecule has 3 aromatic rings. The summed E-state index contributed by atoms with van der Waals surface area (Å²) >= 11 is 0. The van der Waals surface area contributed by atoms with Crippen LogP contribution in [-0.4, -0.2) is 56.5 Å². The molecule has 0 aliphatic carbocycles. The maximum atomic E-state index is 15.4. The van der Waals surface area contributed by atoms with Crippen LogP contribution in [0.1, 0.15) is 20.1 Å². The minimum absolute atomic E-state index is 0.0702. The van der Waals surface area contributed by atoms with Crippen LogP contribution in [0.25, 0.3) is 11.2 Å². The van der Waals surface area contributed by atoms with Crippen LogP contribution in [0.5, 0.6) is 11.6 Å². The lowest BCUT2D eigenvalue weighted by Gasteiger charge is -2.31. The first-order valence-corrected chi connectivity index (χ1v) is 11.1. The number of halogens is 2. The molecule has 0 aliphatic heterocycles. The fourth-order valence-corrected chi connectivity index (χ4v) is 3.48. The van der Waals surface area contributed by atoms with Crippen molar-refractivity contribution in [1.29, 1.82) is 0 Å². The number of alkyl halides is 2. The summed E-state index contributed by atoms with van der Waals surface area (Å²) in [7, 11) is -3.23. The number of nitrogens with zero attached hydrogens (tertiary/aromatic N) is 4. The van der Waals surface area contributed by atoms with Gasteiger partial charge < -0.3 is 24.8 Å². The highest BCUT2D eigenvalue weighted by Gasteiger charge is 2.42. The first-order chi connectivity index (χ1) is 15.8. The van der Waals surface area contributed by atoms with E-state index < -0.39 is 39.7 Å². The van der Waals surface area contributed by atoms with E-state index in [9.17, 15) is 14.1 Å². The Morgan fingerprint density at radius 2 is 2.03 bits per heavy atom. The fraction of sp³-hybridized carbons (Fsp3) is 0.421. The third kappa shape index (κ3) is 5.93. The van der Waals surface area contributed by atoms with E-state index in [2.05, 4.69) is 15.0 Å². The number of imidazole rings is 1. The second kappa shape index (κ2) is 10.8. The topological polar surface area (TPSA) is 144 Å². The Morgan fingerprint density at radius 1 is 1.30 bits per heavy atom. The molecule has 0 saturated heterocycles. The molecule has 0 radical (unpaired) electrons. The molecule has 0 aliphatic rings. The van der Waals surface area contributed by atoms with E-state index in [4.69, 9.17) is 24.3 Å².